The number of fused-ring (bicyclic) bond motifs is 17. The van der Waals surface area contributed by atoms with Crippen LogP contribution in [0.1, 0.15) is 48.6 Å². The van der Waals surface area contributed by atoms with E-state index < -0.39 is 5.41 Å². The molecule has 0 atom stereocenters. The first-order chi connectivity index (χ1) is 27.4. The number of anilines is 3. The topological polar surface area (TPSA) is 29.5 Å². The Bertz CT molecular complexity index is 3200. The lowest BCUT2D eigenvalue weighted by Gasteiger charge is -2.32. The summed E-state index contributed by atoms with van der Waals surface area (Å²) in [6.07, 6.45) is 0. The average molecular weight is 720 g/mol. The van der Waals surface area contributed by atoms with Crippen LogP contribution in [0.3, 0.4) is 0 Å². The molecule has 0 N–H and O–H groups in total. The van der Waals surface area contributed by atoms with Crippen LogP contribution in [0.5, 0.6) is 0 Å². The van der Waals surface area contributed by atoms with E-state index in [1.54, 1.807) is 0 Å². The lowest BCUT2D eigenvalue weighted by atomic mass is 9.70. The van der Waals surface area contributed by atoms with Gasteiger partial charge in [-0.3, -0.25) is 0 Å². The number of hydrogen-bond acceptors (Lipinski definition) is 3. The van der Waals surface area contributed by atoms with E-state index in [4.69, 9.17) is 8.83 Å². The van der Waals surface area contributed by atoms with E-state index in [1.807, 2.05) is 12.1 Å². The Morgan fingerprint density at radius 3 is 1.66 bits per heavy atom. The van der Waals surface area contributed by atoms with Crippen molar-refractivity contribution in [3.05, 3.63) is 198 Å². The fraction of sp³-hybridized carbons (Fsp3) is 0.0943. The predicted octanol–water partition coefficient (Wildman–Crippen LogP) is 14.6. The molecule has 2 aromatic heterocycles. The summed E-state index contributed by atoms with van der Waals surface area (Å²) in [5.74, 6) is 0. The van der Waals surface area contributed by atoms with E-state index in [2.05, 4.69) is 183 Å². The minimum Gasteiger partial charge on any atom is -0.456 e. The third-order valence-electron chi connectivity index (χ3n) is 12.4. The van der Waals surface area contributed by atoms with Crippen LogP contribution in [0, 0.1) is 0 Å². The number of hydrogen-bond donors (Lipinski definition) is 0. The highest BCUT2D eigenvalue weighted by molar-refractivity contribution is 6.20. The monoisotopic (exact) mass is 719 g/mol. The Kier molecular flexibility index (Phi) is 6.25. The summed E-state index contributed by atoms with van der Waals surface area (Å²) in [5, 5.41) is 4.41. The van der Waals surface area contributed by atoms with E-state index >= 15 is 0 Å². The van der Waals surface area contributed by atoms with Crippen molar-refractivity contribution < 1.29 is 8.83 Å². The molecule has 2 aliphatic carbocycles. The van der Waals surface area contributed by atoms with Crippen molar-refractivity contribution in [3.63, 3.8) is 0 Å². The fourth-order valence-electron chi connectivity index (χ4n) is 10.00. The number of nitrogens with zero attached hydrogens (tertiary/aromatic N) is 1. The van der Waals surface area contributed by atoms with Gasteiger partial charge in [0.2, 0.25) is 0 Å². The van der Waals surface area contributed by atoms with Crippen LogP contribution in [0.25, 0.3) is 66.1 Å². The number of furan rings is 2. The molecule has 12 rings (SSSR count). The summed E-state index contributed by atoms with van der Waals surface area (Å²) in [5.41, 5.74) is 17.5. The molecule has 8 aromatic carbocycles. The number of para-hydroxylation sites is 2. The second kappa shape index (κ2) is 11.1. The minimum absolute atomic E-state index is 0.0134. The van der Waals surface area contributed by atoms with Crippen molar-refractivity contribution in [1.29, 1.82) is 0 Å². The van der Waals surface area contributed by atoms with Gasteiger partial charge in [0.15, 0.2) is 0 Å². The summed E-state index contributed by atoms with van der Waals surface area (Å²) < 4.78 is 13.7. The molecule has 0 unspecified atom stereocenters. The van der Waals surface area contributed by atoms with Crippen LogP contribution >= 0.6 is 0 Å². The van der Waals surface area contributed by atoms with Crippen LogP contribution in [0.2, 0.25) is 0 Å². The van der Waals surface area contributed by atoms with Gasteiger partial charge in [0.1, 0.15) is 22.3 Å². The molecule has 56 heavy (non-hydrogen) atoms. The third kappa shape index (κ3) is 4.07. The molecule has 0 radical (unpaired) electrons. The van der Waals surface area contributed by atoms with E-state index in [1.165, 1.54) is 44.5 Å². The van der Waals surface area contributed by atoms with Gasteiger partial charge < -0.3 is 13.7 Å². The Balaban J connectivity index is 1.24. The summed E-state index contributed by atoms with van der Waals surface area (Å²) in [6, 6.07) is 62.0. The van der Waals surface area contributed by atoms with Crippen LogP contribution < -0.4 is 4.90 Å². The number of rotatable bonds is 3. The van der Waals surface area contributed by atoms with Crippen molar-refractivity contribution in [2.24, 2.45) is 0 Å². The Morgan fingerprint density at radius 1 is 0.446 bits per heavy atom. The van der Waals surface area contributed by atoms with Crippen LogP contribution in [0.4, 0.5) is 17.1 Å². The second-order valence-corrected chi connectivity index (χ2v) is 16.4. The largest absolute Gasteiger partial charge is 0.456 e. The Hall–Kier alpha value is -6.84. The van der Waals surface area contributed by atoms with Gasteiger partial charge in [-0.1, -0.05) is 142 Å². The van der Waals surface area contributed by atoms with Gasteiger partial charge in [0.05, 0.1) is 16.5 Å². The zero-order valence-electron chi connectivity index (χ0n) is 31.4. The molecule has 3 nitrogen and oxygen atoms in total. The predicted molar refractivity (Wildman–Crippen MR) is 231 cm³/mol. The maximum Gasteiger partial charge on any atom is 0.145 e. The van der Waals surface area contributed by atoms with Crippen molar-refractivity contribution in [1.82, 2.24) is 0 Å². The molecule has 266 valence electrons. The normalized spacial score (nSPS) is 13.8. The van der Waals surface area contributed by atoms with Gasteiger partial charge in [-0.15, -0.1) is 0 Å². The van der Waals surface area contributed by atoms with E-state index in [9.17, 15) is 0 Å². The molecule has 10 aromatic rings. The zero-order valence-corrected chi connectivity index (χ0v) is 31.4. The van der Waals surface area contributed by atoms with Crippen molar-refractivity contribution in [2.75, 3.05) is 4.90 Å². The molecule has 0 amide bonds. The van der Waals surface area contributed by atoms with Gasteiger partial charge >= 0.3 is 0 Å². The summed E-state index contributed by atoms with van der Waals surface area (Å²) in [6.45, 7) is 6.81. The third-order valence-corrected chi connectivity index (χ3v) is 12.4. The van der Waals surface area contributed by atoms with Crippen molar-refractivity contribution in [3.8, 4) is 22.3 Å². The molecule has 2 aliphatic rings. The molecular formula is C53H37NO2. The highest BCUT2D eigenvalue weighted by Gasteiger charge is 2.53. The van der Waals surface area contributed by atoms with E-state index in [0.717, 1.165) is 66.5 Å². The Labute approximate surface area is 325 Å². The molecule has 0 aliphatic heterocycles. The molecule has 2 heterocycles. The molecule has 1 spiro atoms. The molecule has 0 saturated carbocycles. The maximum atomic E-state index is 7.12. The quantitative estimate of drug-likeness (QED) is 0.182. The van der Waals surface area contributed by atoms with Crippen LogP contribution in [0.15, 0.2) is 179 Å². The van der Waals surface area contributed by atoms with Crippen molar-refractivity contribution >= 4 is 60.9 Å². The number of benzene rings is 8. The fourth-order valence-corrected chi connectivity index (χ4v) is 10.00. The van der Waals surface area contributed by atoms with Gasteiger partial charge in [-0.25, -0.2) is 0 Å². The lowest BCUT2D eigenvalue weighted by molar-refractivity contribution is 0.590. The van der Waals surface area contributed by atoms with Crippen molar-refractivity contribution in [2.45, 2.75) is 31.6 Å². The maximum absolute atomic E-state index is 7.12. The molecule has 0 fully saturated rings. The van der Waals surface area contributed by atoms with E-state index in [0.29, 0.717) is 0 Å². The first-order valence-corrected chi connectivity index (χ1v) is 19.5. The highest BCUT2D eigenvalue weighted by atomic mass is 16.3. The first kappa shape index (κ1) is 31.5. The van der Waals surface area contributed by atoms with Gasteiger partial charge in [-0.2, -0.15) is 0 Å². The van der Waals surface area contributed by atoms with Gasteiger partial charge in [0, 0.05) is 39.2 Å². The average Bonchev–Trinajstić information content (AvgIpc) is 3.96. The summed E-state index contributed by atoms with van der Waals surface area (Å²) in [7, 11) is 0. The summed E-state index contributed by atoms with van der Waals surface area (Å²) >= 11 is 0. The second-order valence-electron chi connectivity index (χ2n) is 16.4. The molecule has 0 saturated heterocycles. The van der Waals surface area contributed by atoms with Crippen LogP contribution in [-0.2, 0) is 10.8 Å². The molecule has 0 bridgehead atoms. The lowest BCUT2D eigenvalue weighted by Crippen LogP contribution is -2.26. The van der Waals surface area contributed by atoms with E-state index in [-0.39, 0.29) is 5.41 Å². The van der Waals surface area contributed by atoms with Gasteiger partial charge in [-0.05, 0) is 92.4 Å². The molecule has 3 heteroatoms. The van der Waals surface area contributed by atoms with Gasteiger partial charge in [0.25, 0.3) is 0 Å². The minimum atomic E-state index is -0.536. The molecular weight excluding hydrogens is 683 g/mol. The zero-order chi connectivity index (χ0) is 37.3. The smallest absolute Gasteiger partial charge is 0.145 e. The first-order valence-electron chi connectivity index (χ1n) is 19.5. The Morgan fingerprint density at radius 2 is 0.982 bits per heavy atom. The highest BCUT2D eigenvalue weighted by Crippen LogP contribution is 2.65. The van der Waals surface area contributed by atoms with Crippen LogP contribution in [-0.4, -0.2) is 0 Å². The SMILES string of the molecule is CC(C)(C)c1ccc(N(c2ccc3c(c2)oc2ccccc23)c2cc3c(c4oc5ccccc5c24)-c2ccccc2C32c3ccccc3-c3ccccc32)cc1. The standard InChI is InChI=1S/C53H37NO2/c1-52(2,3)32-24-26-33(27-25-32)54(34-28-29-38-37-16-7-12-22-46(37)55-48(38)30-34)45-31-44-49(51-50(45)40-18-8-13-23-47(40)56-51)39-17-6-11-21-43(39)53(44)41-19-9-4-14-35(41)36-15-5-10-20-42(36)53/h4-31H,1-3H3. The summed E-state index contributed by atoms with van der Waals surface area (Å²) in [4.78, 5) is 2.42.